The van der Waals surface area contributed by atoms with Crippen molar-refractivity contribution in [3.05, 3.63) is 4.88 Å². The normalized spacial score (nSPS) is 13.3. The van der Waals surface area contributed by atoms with Crippen molar-refractivity contribution in [3.8, 4) is 5.88 Å². The fraction of sp³-hybridized carbons (Fsp3) is 0.786. The van der Waals surface area contributed by atoms with Crippen molar-refractivity contribution in [1.29, 1.82) is 0 Å². The lowest BCUT2D eigenvalue weighted by atomic mass is 9.85. The Kier molecular flexibility index (Phi) is 6.23. The monoisotopic (exact) mass is 301 g/mol. The second kappa shape index (κ2) is 7.24. The summed E-state index contributed by atoms with van der Waals surface area (Å²) in [5, 5.41) is 13.6. The molecule has 0 aliphatic carbocycles. The third kappa shape index (κ3) is 4.61. The molecule has 0 bridgehead atoms. The number of rotatable bonds is 7. The van der Waals surface area contributed by atoms with Gasteiger partial charge < -0.3 is 20.1 Å². The Morgan fingerprint density at radius 1 is 1.40 bits per heavy atom. The molecular weight excluding hydrogens is 274 g/mol. The lowest BCUT2D eigenvalue weighted by Crippen LogP contribution is -2.40. The number of nitrogens with one attached hydrogen (secondary N) is 1. The maximum absolute atomic E-state index is 9.19. The molecule has 0 amide bonds. The topological polar surface area (TPSA) is 57.6 Å². The lowest BCUT2D eigenvalue weighted by Gasteiger charge is -2.31. The van der Waals surface area contributed by atoms with E-state index in [1.807, 2.05) is 19.0 Å². The minimum absolute atomic E-state index is 0.102. The van der Waals surface area contributed by atoms with Crippen LogP contribution in [0.2, 0.25) is 0 Å². The molecule has 6 heteroatoms. The molecule has 1 heterocycles. The maximum atomic E-state index is 9.19. The molecule has 0 fully saturated rings. The van der Waals surface area contributed by atoms with Gasteiger partial charge in [0, 0.05) is 33.3 Å². The van der Waals surface area contributed by atoms with Gasteiger partial charge in [0.15, 0.2) is 5.13 Å². The van der Waals surface area contributed by atoms with Crippen LogP contribution in [-0.4, -0.2) is 43.9 Å². The van der Waals surface area contributed by atoms with E-state index in [4.69, 9.17) is 4.74 Å². The number of ether oxygens (including phenoxy) is 1. The van der Waals surface area contributed by atoms with Gasteiger partial charge in [0.2, 0.25) is 5.88 Å². The summed E-state index contributed by atoms with van der Waals surface area (Å²) in [7, 11) is 5.59. The highest BCUT2D eigenvalue weighted by Gasteiger charge is 2.24. The average molecular weight is 301 g/mol. The second-order valence-corrected chi connectivity index (χ2v) is 7.20. The summed E-state index contributed by atoms with van der Waals surface area (Å²) in [6, 6.07) is 0.252. The van der Waals surface area contributed by atoms with E-state index in [0.29, 0.717) is 12.4 Å². The van der Waals surface area contributed by atoms with E-state index in [1.165, 1.54) is 0 Å². The van der Waals surface area contributed by atoms with E-state index >= 15 is 0 Å². The predicted octanol–water partition coefficient (Wildman–Crippen LogP) is 2.10. The van der Waals surface area contributed by atoms with Crippen LogP contribution < -0.4 is 15.0 Å². The van der Waals surface area contributed by atoms with E-state index < -0.39 is 0 Å². The van der Waals surface area contributed by atoms with Gasteiger partial charge in [0.25, 0.3) is 0 Å². The van der Waals surface area contributed by atoms with Crippen LogP contribution in [0.3, 0.4) is 0 Å². The Morgan fingerprint density at radius 3 is 2.50 bits per heavy atom. The maximum Gasteiger partial charge on any atom is 0.230 e. The largest absolute Gasteiger partial charge is 0.480 e. The van der Waals surface area contributed by atoms with Gasteiger partial charge >= 0.3 is 0 Å². The van der Waals surface area contributed by atoms with Crippen LogP contribution in [0.1, 0.15) is 32.1 Å². The molecule has 0 saturated carbocycles. The number of aliphatic hydroxyl groups is 1. The molecule has 1 rings (SSSR count). The van der Waals surface area contributed by atoms with Crippen molar-refractivity contribution in [1.82, 2.24) is 10.3 Å². The number of methoxy groups -OCH3 is 1. The first kappa shape index (κ1) is 17.2. The lowest BCUT2D eigenvalue weighted by molar-refractivity contribution is 0.196. The Labute approximate surface area is 126 Å². The first-order valence-corrected chi connectivity index (χ1v) is 7.66. The molecule has 1 atom stereocenters. The summed E-state index contributed by atoms with van der Waals surface area (Å²) in [6.45, 7) is 7.43. The molecule has 1 aromatic heterocycles. The number of aromatic nitrogens is 1. The van der Waals surface area contributed by atoms with E-state index in [9.17, 15) is 5.11 Å². The molecule has 0 spiro atoms. The third-order valence-corrected chi connectivity index (χ3v) is 4.40. The van der Waals surface area contributed by atoms with Crippen molar-refractivity contribution < 1.29 is 9.84 Å². The summed E-state index contributed by atoms with van der Waals surface area (Å²) in [5.41, 5.74) is 0.102. The zero-order valence-electron chi connectivity index (χ0n) is 13.4. The second-order valence-electron chi connectivity index (χ2n) is 6.14. The zero-order chi connectivity index (χ0) is 15.3. The number of anilines is 1. The summed E-state index contributed by atoms with van der Waals surface area (Å²) in [5.74, 6) is 0.683. The minimum Gasteiger partial charge on any atom is -0.480 e. The van der Waals surface area contributed by atoms with Crippen LogP contribution >= 0.6 is 11.3 Å². The van der Waals surface area contributed by atoms with Crippen LogP contribution in [0.4, 0.5) is 5.13 Å². The minimum atomic E-state index is 0.102. The Bertz CT molecular complexity index is 413. The highest BCUT2D eigenvalue weighted by atomic mass is 32.1. The van der Waals surface area contributed by atoms with Gasteiger partial charge in [-0.3, -0.25) is 0 Å². The standard InChI is InChI=1S/C14H27N3O2S/c1-14(2,3)11(7-8-18)15-9-10-12(19-6)16-13(20-10)17(4)5/h11,15,18H,7-9H2,1-6H3. The van der Waals surface area contributed by atoms with E-state index in [1.54, 1.807) is 18.4 Å². The summed E-state index contributed by atoms with van der Waals surface area (Å²) in [6.07, 6.45) is 0.741. The van der Waals surface area contributed by atoms with Crippen LogP contribution in [0.25, 0.3) is 0 Å². The Balaban J connectivity index is 2.77. The Hall–Kier alpha value is -0.850. The molecule has 0 aliphatic heterocycles. The number of nitrogens with zero attached hydrogens (tertiary/aromatic N) is 2. The number of hydrogen-bond acceptors (Lipinski definition) is 6. The van der Waals surface area contributed by atoms with Crippen molar-refractivity contribution in [3.63, 3.8) is 0 Å². The first-order chi connectivity index (χ1) is 9.29. The first-order valence-electron chi connectivity index (χ1n) is 6.84. The van der Waals surface area contributed by atoms with Gasteiger partial charge in [0.1, 0.15) is 0 Å². The molecule has 0 aliphatic rings. The van der Waals surface area contributed by atoms with E-state index in [-0.39, 0.29) is 18.1 Å². The van der Waals surface area contributed by atoms with Crippen molar-refractivity contribution in [2.24, 2.45) is 5.41 Å². The van der Waals surface area contributed by atoms with Crippen LogP contribution in [0.15, 0.2) is 0 Å². The molecule has 0 saturated heterocycles. The molecule has 116 valence electrons. The molecule has 5 nitrogen and oxygen atoms in total. The quantitative estimate of drug-likeness (QED) is 0.808. The fourth-order valence-electron chi connectivity index (χ4n) is 1.97. The van der Waals surface area contributed by atoms with Crippen molar-refractivity contribution in [2.75, 3.05) is 32.7 Å². The molecule has 20 heavy (non-hydrogen) atoms. The zero-order valence-corrected chi connectivity index (χ0v) is 14.2. The van der Waals surface area contributed by atoms with Gasteiger partial charge in [-0.15, -0.1) is 0 Å². The number of hydrogen-bond donors (Lipinski definition) is 2. The van der Waals surface area contributed by atoms with Gasteiger partial charge in [-0.05, 0) is 11.8 Å². The van der Waals surface area contributed by atoms with Gasteiger partial charge in [-0.2, -0.15) is 4.98 Å². The highest BCUT2D eigenvalue weighted by Crippen LogP contribution is 2.31. The van der Waals surface area contributed by atoms with Crippen molar-refractivity contribution in [2.45, 2.75) is 39.8 Å². The van der Waals surface area contributed by atoms with Gasteiger partial charge in [-0.1, -0.05) is 32.1 Å². The smallest absolute Gasteiger partial charge is 0.230 e. The summed E-state index contributed by atoms with van der Waals surface area (Å²) < 4.78 is 5.34. The molecule has 0 aromatic carbocycles. The SMILES string of the molecule is COc1nc(N(C)C)sc1CNC(CCO)C(C)(C)C. The molecule has 0 radical (unpaired) electrons. The molecular formula is C14H27N3O2S. The summed E-state index contributed by atoms with van der Waals surface area (Å²) >= 11 is 1.63. The average Bonchev–Trinajstić information content (AvgIpc) is 2.76. The van der Waals surface area contributed by atoms with Crippen LogP contribution in [0.5, 0.6) is 5.88 Å². The Morgan fingerprint density at radius 2 is 2.05 bits per heavy atom. The highest BCUT2D eigenvalue weighted by molar-refractivity contribution is 7.15. The number of aliphatic hydroxyl groups excluding tert-OH is 1. The number of thiazole rings is 1. The van der Waals surface area contributed by atoms with Crippen molar-refractivity contribution >= 4 is 16.5 Å². The van der Waals surface area contributed by atoms with Gasteiger partial charge in [-0.25, -0.2) is 0 Å². The fourth-order valence-corrected chi connectivity index (χ4v) is 2.88. The summed E-state index contributed by atoms with van der Waals surface area (Å²) in [4.78, 5) is 7.51. The molecule has 2 N–H and O–H groups in total. The third-order valence-electron chi connectivity index (χ3n) is 3.20. The molecule has 1 unspecified atom stereocenters. The van der Waals surface area contributed by atoms with Crippen LogP contribution in [0, 0.1) is 5.41 Å². The van der Waals surface area contributed by atoms with E-state index in [0.717, 1.165) is 16.4 Å². The predicted molar refractivity (Wildman–Crippen MR) is 84.8 cm³/mol. The van der Waals surface area contributed by atoms with Gasteiger partial charge in [0.05, 0.1) is 12.0 Å². The van der Waals surface area contributed by atoms with E-state index in [2.05, 4.69) is 31.1 Å². The molecule has 1 aromatic rings. The van der Waals surface area contributed by atoms with Crippen LogP contribution in [-0.2, 0) is 6.54 Å².